The molecule has 0 saturated carbocycles. The van der Waals surface area contributed by atoms with Crippen molar-refractivity contribution in [3.8, 4) is 0 Å². The number of amides is 1. The van der Waals surface area contributed by atoms with Gasteiger partial charge in [-0.05, 0) is 31.7 Å². The molecule has 1 fully saturated rings. The number of nitrogens with two attached hydrogens (primary N) is 1. The topological polar surface area (TPSA) is 119 Å². The van der Waals surface area contributed by atoms with Gasteiger partial charge in [0.1, 0.15) is 17.9 Å². The number of carbonyl (C=O) groups is 2. The predicted octanol–water partition coefficient (Wildman–Crippen LogP) is 1.83. The molecule has 1 aromatic rings. The summed E-state index contributed by atoms with van der Waals surface area (Å²) in [6.07, 6.45) is 0.130. The lowest BCUT2D eigenvalue weighted by Crippen LogP contribution is -2.45. The first-order chi connectivity index (χ1) is 12.3. The molecule has 2 rings (SSSR count). The van der Waals surface area contributed by atoms with E-state index in [-0.39, 0.29) is 6.42 Å². The third-order valence-corrected chi connectivity index (χ3v) is 6.54. The molecule has 1 heterocycles. The van der Waals surface area contributed by atoms with Gasteiger partial charge in [0, 0.05) is 13.7 Å². The molecule has 144 valence electrons. The molecule has 0 spiro atoms. The van der Waals surface area contributed by atoms with E-state index in [1.807, 2.05) is 30.3 Å². The minimum Gasteiger partial charge on any atom is -0.480 e. The van der Waals surface area contributed by atoms with Crippen molar-refractivity contribution >= 4 is 19.5 Å². The van der Waals surface area contributed by atoms with Crippen LogP contribution in [-0.4, -0.2) is 53.5 Å². The Balaban J connectivity index is 2.06. The van der Waals surface area contributed by atoms with Crippen LogP contribution in [0.25, 0.3) is 0 Å². The van der Waals surface area contributed by atoms with Crippen LogP contribution < -0.4 is 5.73 Å². The molecule has 0 aliphatic carbocycles. The fourth-order valence-corrected chi connectivity index (χ4v) is 4.49. The maximum atomic E-state index is 13.0. The summed E-state index contributed by atoms with van der Waals surface area (Å²) >= 11 is 0. The molecule has 0 aromatic heterocycles. The Kier molecular flexibility index (Phi) is 6.94. The lowest BCUT2D eigenvalue weighted by atomic mass is 10.2. The molecule has 4 atom stereocenters. The van der Waals surface area contributed by atoms with Crippen molar-refractivity contribution in [2.24, 2.45) is 5.73 Å². The smallest absolute Gasteiger partial charge is 0.348 e. The third kappa shape index (κ3) is 4.71. The molecule has 0 bridgehead atoms. The molecule has 1 aliphatic rings. The van der Waals surface area contributed by atoms with Gasteiger partial charge in [-0.15, -0.1) is 0 Å². The van der Waals surface area contributed by atoms with E-state index in [1.54, 1.807) is 0 Å². The minimum absolute atomic E-state index is 0.258. The maximum absolute atomic E-state index is 13.0. The minimum atomic E-state index is -3.77. The van der Waals surface area contributed by atoms with E-state index in [2.05, 4.69) is 0 Å². The van der Waals surface area contributed by atoms with Gasteiger partial charge in [0.2, 0.25) is 0 Å². The Morgan fingerprint density at radius 2 is 2.04 bits per heavy atom. The Morgan fingerprint density at radius 1 is 1.38 bits per heavy atom. The molecular formula is C17H25N2O6P. The lowest BCUT2D eigenvalue weighted by Gasteiger charge is -2.29. The standard InChI is InChI=1S/C17H25N2O6P/c1-12(16(20)19-10-6-9-14(19)17(21)22)25-26(23,24-2)15(18)11-13-7-4-3-5-8-13/h3-5,7-8,12,14-15H,6,9-11,18H2,1-2H3,(H,21,22)/t12?,14-,15-,26?/m0/s1. The van der Waals surface area contributed by atoms with Crippen molar-refractivity contribution in [1.29, 1.82) is 0 Å². The SMILES string of the molecule is COP(=O)(OC(C)C(=O)N1CCC[C@H]1C(=O)O)[C@H](N)Cc1ccccc1. The Hall–Kier alpha value is -1.73. The summed E-state index contributed by atoms with van der Waals surface area (Å²) in [6.45, 7) is 1.76. The third-order valence-electron chi connectivity index (χ3n) is 4.42. The zero-order chi connectivity index (χ0) is 19.3. The summed E-state index contributed by atoms with van der Waals surface area (Å²) in [5, 5.41) is 9.21. The average Bonchev–Trinajstić information content (AvgIpc) is 3.11. The fraction of sp³-hybridized carbons (Fsp3) is 0.529. The van der Waals surface area contributed by atoms with Crippen molar-refractivity contribution in [3.63, 3.8) is 0 Å². The van der Waals surface area contributed by atoms with Gasteiger partial charge in [0.05, 0.1) is 0 Å². The second-order valence-electron chi connectivity index (χ2n) is 6.26. The number of hydrogen-bond donors (Lipinski definition) is 2. The Morgan fingerprint density at radius 3 is 2.62 bits per heavy atom. The van der Waals surface area contributed by atoms with Crippen molar-refractivity contribution in [2.75, 3.05) is 13.7 Å². The summed E-state index contributed by atoms with van der Waals surface area (Å²) in [5.74, 6) is -2.53. The highest BCUT2D eigenvalue weighted by Crippen LogP contribution is 2.52. The summed E-state index contributed by atoms with van der Waals surface area (Å²) < 4.78 is 23.5. The number of hydrogen-bond acceptors (Lipinski definition) is 6. The van der Waals surface area contributed by atoms with Crippen molar-refractivity contribution < 1.29 is 28.3 Å². The second-order valence-corrected chi connectivity index (χ2v) is 8.57. The van der Waals surface area contributed by atoms with E-state index in [0.29, 0.717) is 19.4 Å². The van der Waals surface area contributed by atoms with Gasteiger partial charge in [-0.1, -0.05) is 30.3 Å². The summed E-state index contributed by atoms with van der Waals surface area (Å²) in [6, 6.07) is 8.34. The van der Waals surface area contributed by atoms with Crippen molar-refractivity contribution in [2.45, 2.75) is 44.1 Å². The van der Waals surface area contributed by atoms with Crippen LogP contribution in [0.15, 0.2) is 30.3 Å². The highest BCUT2D eigenvalue weighted by Gasteiger charge is 2.40. The van der Waals surface area contributed by atoms with Crippen LogP contribution >= 0.6 is 7.60 Å². The van der Waals surface area contributed by atoms with Gasteiger partial charge in [0.25, 0.3) is 5.91 Å². The number of carbonyl (C=O) groups excluding carboxylic acids is 1. The molecule has 26 heavy (non-hydrogen) atoms. The second kappa shape index (κ2) is 8.77. The molecule has 2 unspecified atom stereocenters. The van der Waals surface area contributed by atoms with Gasteiger partial charge >= 0.3 is 13.6 Å². The molecule has 3 N–H and O–H groups in total. The van der Waals surface area contributed by atoms with E-state index < -0.39 is 37.4 Å². The van der Waals surface area contributed by atoms with Crippen molar-refractivity contribution in [1.82, 2.24) is 4.90 Å². The summed E-state index contributed by atoms with van der Waals surface area (Å²) in [7, 11) is -2.55. The molecule has 8 nitrogen and oxygen atoms in total. The normalized spacial score (nSPS) is 21.8. The predicted molar refractivity (Wildman–Crippen MR) is 95.7 cm³/mol. The number of carboxylic acid groups (broad SMARTS) is 1. The first-order valence-electron chi connectivity index (χ1n) is 8.45. The van der Waals surface area contributed by atoms with Crippen LogP contribution in [0.1, 0.15) is 25.3 Å². The maximum Gasteiger partial charge on any atom is 0.348 e. The van der Waals surface area contributed by atoms with Gasteiger partial charge < -0.3 is 20.3 Å². The number of aliphatic carboxylic acids is 1. The zero-order valence-corrected chi connectivity index (χ0v) is 15.8. The average molecular weight is 384 g/mol. The van der Waals surface area contributed by atoms with Crippen LogP contribution in [0.5, 0.6) is 0 Å². The van der Waals surface area contributed by atoms with Crippen LogP contribution in [0.3, 0.4) is 0 Å². The number of rotatable bonds is 8. The van der Waals surface area contributed by atoms with E-state index in [1.165, 1.54) is 18.9 Å². The van der Waals surface area contributed by atoms with Crippen LogP contribution in [0, 0.1) is 0 Å². The Bertz CT molecular complexity index is 683. The van der Waals surface area contributed by atoms with Gasteiger partial charge in [-0.25, -0.2) is 4.79 Å². The first kappa shape index (κ1) is 20.6. The van der Waals surface area contributed by atoms with Crippen LogP contribution in [-0.2, 0) is 29.6 Å². The highest BCUT2D eigenvalue weighted by molar-refractivity contribution is 7.54. The molecule has 1 amide bonds. The largest absolute Gasteiger partial charge is 0.480 e. The quantitative estimate of drug-likeness (QED) is 0.656. The molecule has 1 aromatic carbocycles. The van der Waals surface area contributed by atoms with E-state index >= 15 is 0 Å². The van der Waals surface area contributed by atoms with Gasteiger partial charge in [-0.2, -0.15) is 0 Å². The molecule has 1 saturated heterocycles. The summed E-state index contributed by atoms with van der Waals surface area (Å²) in [5.41, 5.74) is 6.91. The van der Waals surface area contributed by atoms with E-state index in [4.69, 9.17) is 14.8 Å². The first-order valence-corrected chi connectivity index (χ1v) is 10.1. The number of benzene rings is 1. The fourth-order valence-electron chi connectivity index (χ4n) is 3.01. The number of likely N-dealkylation sites (tertiary alicyclic amines) is 1. The summed E-state index contributed by atoms with van der Waals surface area (Å²) in [4.78, 5) is 25.1. The number of carboxylic acids is 1. The van der Waals surface area contributed by atoms with E-state index in [0.717, 1.165) is 5.56 Å². The molecule has 1 aliphatic heterocycles. The van der Waals surface area contributed by atoms with Crippen LogP contribution in [0.4, 0.5) is 0 Å². The van der Waals surface area contributed by atoms with Gasteiger partial charge in [0.15, 0.2) is 0 Å². The molecule has 9 heteroatoms. The highest BCUT2D eigenvalue weighted by atomic mass is 31.2. The zero-order valence-electron chi connectivity index (χ0n) is 14.9. The monoisotopic (exact) mass is 384 g/mol. The molecular weight excluding hydrogens is 359 g/mol. The molecule has 0 radical (unpaired) electrons. The van der Waals surface area contributed by atoms with Crippen molar-refractivity contribution in [3.05, 3.63) is 35.9 Å². The van der Waals surface area contributed by atoms with E-state index in [9.17, 15) is 19.3 Å². The lowest BCUT2D eigenvalue weighted by molar-refractivity contribution is -0.151. The van der Waals surface area contributed by atoms with Gasteiger partial charge in [-0.3, -0.25) is 13.9 Å². The number of nitrogens with zero attached hydrogens (tertiary/aromatic N) is 1. The van der Waals surface area contributed by atoms with Crippen LogP contribution in [0.2, 0.25) is 0 Å². The Labute approximate surface area is 152 Å².